The van der Waals surface area contributed by atoms with Crippen molar-refractivity contribution in [2.75, 3.05) is 13.1 Å². The lowest BCUT2D eigenvalue weighted by atomic mass is 10.2. The highest BCUT2D eigenvalue weighted by Crippen LogP contribution is 2.21. The highest BCUT2D eigenvalue weighted by atomic mass is 19.4. The summed E-state index contributed by atoms with van der Waals surface area (Å²) in [6.45, 7) is 1.42. The van der Waals surface area contributed by atoms with Crippen molar-refractivity contribution in [3.8, 4) is 0 Å². The van der Waals surface area contributed by atoms with E-state index in [1.807, 2.05) is 6.92 Å². The number of carbonyl (C=O) groups excluding carboxylic acids is 1. The van der Waals surface area contributed by atoms with Crippen LogP contribution in [0.4, 0.5) is 13.2 Å². The van der Waals surface area contributed by atoms with Gasteiger partial charge in [0.1, 0.15) is 6.54 Å². The minimum Gasteiger partial charge on any atom is -0.332 e. The predicted octanol–water partition coefficient (Wildman–Crippen LogP) is 1.02. The molecule has 1 saturated heterocycles. The Kier molecular flexibility index (Phi) is 4.32. The summed E-state index contributed by atoms with van der Waals surface area (Å²) in [5.41, 5.74) is 0. The fourth-order valence-electron chi connectivity index (χ4n) is 2.35. The fraction of sp³-hybridized carbons (Fsp3) is 0.667. The Morgan fingerprint density at radius 2 is 2.30 bits per heavy atom. The average molecular weight is 290 g/mol. The molecule has 2 atom stereocenters. The summed E-state index contributed by atoms with van der Waals surface area (Å²) < 4.78 is 38.6. The van der Waals surface area contributed by atoms with Crippen LogP contribution in [0.3, 0.4) is 0 Å². The number of likely N-dealkylation sites (tertiary alicyclic amines) is 1. The first-order valence-electron chi connectivity index (χ1n) is 6.44. The lowest BCUT2D eigenvalue weighted by Crippen LogP contribution is -2.45. The molecule has 0 radical (unpaired) electrons. The van der Waals surface area contributed by atoms with E-state index in [1.165, 1.54) is 0 Å². The molecule has 0 saturated carbocycles. The van der Waals surface area contributed by atoms with E-state index in [9.17, 15) is 18.0 Å². The van der Waals surface area contributed by atoms with Crippen molar-refractivity contribution in [1.82, 2.24) is 20.0 Å². The van der Waals surface area contributed by atoms with Crippen LogP contribution in [0.25, 0.3) is 0 Å². The van der Waals surface area contributed by atoms with Gasteiger partial charge in [0.15, 0.2) is 0 Å². The summed E-state index contributed by atoms with van der Waals surface area (Å²) in [5, 5.41) is 7.11. The van der Waals surface area contributed by atoms with Crippen LogP contribution in [-0.2, 0) is 11.3 Å². The van der Waals surface area contributed by atoms with Crippen molar-refractivity contribution >= 4 is 5.91 Å². The van der Waals surface area contributed by atoms with Gasteiger partial charge in [-0.05, 0) is 19.4 Å². The summed E-state index contributed by atoms with van der Waals surface area (Å²) in [6, 6.07) is 1.20. The Balaban J connectivity index is 1.83. The molecule has 1 aromatic rings. The molecule has 2 rings (SSSR count). The second-order valence-corrected chi connectivity index (χ2v) is 5.01. The zero-order valence-corrected chi connectivity index (χ0v) is 11.1. The van der Waals surface area contributed by atoms with Gasteiger partial charge in [-0.15, -0.1) is 0 Å². The number of aromatic nitrogens is 2. The smallest absolute Gasteiger partial charge is 0.332 e. The Morgan fingerprint density at radius 1 is 1.55 bits per heavy atom. The Morgan fingerprint density at radius 3 is 2.90 bits per heavy atom. The van der Waals surface area contributed by atoms with E-state index in [-0.39, 0.29) is 12.6 Å². The molecule has 1 fully saturated rings. The van der Waals surface area contributed by atoms with Gasteiger partial charge < -0.3 is 10.2 Å². The highest BCUT2D eigenvalue weighted by molar-refractivity contribution is 5.84. The maximum atomic E-state index is 12.3. The quantitative estimate of drug-likeness (QED) is 0.881. The van der Waals surface area contributed by atoms with Gasteiger partial charge in [-0.2, -0.15) is 18.3 Å². The van der Waals surface area contributed by atoms with Gasteiger partial charge in [-0.1, -0.05) is 0 Å². The summed E-state index contributed by atoms with van der Waals surface area (Å²) in [4.78, 5) is 12.7. The van der Waals surface area contributed by atoms with Gasteiger partial charge in [-0.25, -0.2) is 0 Å². The van der Waals surface area contributed by atoms with Gasteiger partial charge in [0.05, 0.1) is 12.6 Å². The topological polar surface area (TPSA) is 50.2 Å². The van der Waals surface area contributed by atoms with E-state index in [4.69, 9.17) is 0 Å². The number of hydrogen-bond acceptors (Lipinski definition) is 3. The van der Waals surface area contributed by atoms with Crippen molar-refractivity contribution in [2.24, 2.45) is 0 Å². The van der Waals surface area contributed by atoms with E-state index in [1.54, 1.807) is 23.1 Å². The number of carbonyl (C=O) groups is 1. The van der Waals surface area contributed by atoms with Gasteiger partial charge in [-0.3, -0.25) is 9.48 Å². The number of halogens is 3. The first kappa shape index (κ1) is 14.8. The molecule has 1 aliphatic heterocycles. The summed E-state index contributed by atoms with van der Waals surface area (Å²) in [7, 11) is 0. The van der Waals surface area contributed by atoms with Gasteiger partial charge >= 0.3 is 6.18 Å². The second-order valence-electron chi connectivity index (χ2n) is 5.01. The van der Waals surface area contributed by atoms with Crippen molar-refractivity contribution < 1.29 is 18.0 Å². The van der Waals surface area contributed by atoms with Crippen molar-refractivity contribution in [2.45, 2.75) is 38.1 Å². The molecular formula is C12H17F3N4O. The molecule has 8 heteroatoms. The fourth-order valence-corrected chi connectivity index (χ4v) is 2.35. The Hall–Kier alpha value is -1.57. The van der Waals surface area contributed by atoms with Gasteiger partial charge in [0.25, 0.3) is 0 Å². The lowest BCUT2D eigenvalue weighted by molar-refractivity contribution is -0.158. The van der Waals surface area contributed by atoms with Crippen molar-refractivity contribution in [3.05, 3.63) is 18.5 Å². The number of nitrogens with zero attached hydrogens (tertiary/aromatic N) is 3. The van der Waals surface area contributed by atoms with Gasteiger partial charge in [0.2, 0.25) is 5.91 Å². The molecule has 0 aromatic carbocycles. The van der Waals surface area contributed by atoms with Crippen LogP contribution in [0.1, 0.15) is 13.3 Å². The van der Waals surface area contributed by atoms with Crippen LogP contribution in [0.5, 0.6) is 0 Å². The van der Waals surface area contributed by atoms with E-state index in [2.05, 4.69) is 10.4 Å². The van der Waals surface area contributed by atoms with Gasteiger partial charge in [0, 0.05) is 25.0 Å². The van der Waals surface area contributed by atoms with Crippen molar-refractivity contribution in [1.29, 1.82) is 0 Å². The highest BCUT2D eigenvalue weighted by Gasteiger charge is 2.39. The van der Waals surface area contributed by atoms with Crippen LogP contribution >= 0.6 is 0 Å². The molecule has 1 amide bonds. The maximum absolute atomic E-state index is 12.3. The first-order chi connectivity index (χ1) is 9.35. The molecular weight excluding hydrogens is 273 g/mol. The summed E-state index contributed by atoms with van der Waals surface area (Å²) >= 11 is 0. The standard InChI is InChI=1S/C12H17F3N4O/c1-9(7-19-5-2-4-16-19)17-10-3-6-18(11(10)20)8-12(13,14)15/h2,4-5,9-10,17H,3,6-8H2,1H3. The minimum atomic E-state index is -4.34. The molecule has 2 unspecified atom stereocenters. The average Bonchev–Trinajstić information content (AvgIpc) is 2.92. The van der Waals surface area contributed by atoms with E-state index in [0.29, 0.717) is 13.0 Å². The van der Waals surface area contributed by atoms with E-state index in [0.717, 1.165) is 4.90 Å². The maximum Gasteiger partial charge on any atom is 0.406 e. The molecule has 20 heavy (non-hydrogen) atoms. The summed E-state index contributed by atoms with van der Waals surface area (Å²) in [6.07, 6.45) is -0.493. The van der Waals surface area contributed by atoms with Crippen LogP contribution in [0.15, 0.2) is 18.5 Å². The first-order valence-corrected chi connectivity index (χ1v) is 6.44. The molecule has 112 valence electrons. The van der Waals surface area contributed by atoms with Crippen LogP contribution in [0, 0.1) is 0 Å². The third kappa shape index (κ3) is 3.96. The number of nitrogens with one attached hydrogen (secondary N) is 1. The molecule has 2 heterocycles. The lowest BCUT2D eigenvalue weighted by Gasteiger charge is -2.21. The molecule has 0 bridgehead atoms. The van der Waals surface area contributed by atoms with E-state index >= 15 is 0 Å². The molecule has 1 N–H and O–H groups in total. The second kappa shape index (κ2) is 5.82. The zero-order chi connectivity index (χ0) is 14.8. The molecule has 1 aliphatic rings. The Bertz CT molecular complexity index is 446. The third-order valence-electron chi connectivity index (χ3n) is 3.17. The van der Waals surface area contributed by atoms with Crippen LogP contribution in [0.2, 0.25) is 0 Å². The number of amides is 1. The normalized spacial score (nSPS) is 21.5. The van der Waals surface area contributed by atoms with E-state index < -0.39 is 24.7 Å². The number of hydrogen-bond donors (Lipinski definition) is 1. The Labute approximate surface area is 114 Å². The van der Waals surface area contributed by atoms with Crippen molar-refractivity contribution in [3.63, 3.8) is 0 Å². The summed E-state index contributed by atoms with van der Waals surface area (Å²) in [5.74, 6) is -0.477. The minimum absolute atomic E-state index is 0.0466. The van der Waals surface area contributed by atoms with Crippen LogP contribution in [-0.4, -0.2) is 51.9 Å². The zero-order valence-electron chi connectivity index (χ0n) is 11.1. The number of alkyl halides is 3. The SMILES string of the molecule is CC(Cn1cccn1)NC1CCN(CC(F)(F)F)C1=O. The third-order valence-corrected chi connectivity index (χ3v) is 3.17. The monoisotopic (exact) mass is 290 g/mol. The molecule has 0 spiro atoms. The molecule has 1 aromatic heterocycles. The van der Waals surface area contributed by atoms with Crippen LogP contribution < -0.4 is 5.32 Å². The predicted molar refractivity (Wildman–Crippen MR) is 65.9 cm³/mol. The molecule has 5 nitrogen and oxygen atoms in total. The number of rotatable bonds is 5. The largest absolute Gasteiger partial charge is 0.406 e. The molecule has 0 aliphatic carbocycles.